The fourth-order valence-electron chi connectivity index (χ4n) is 2.51. The molecule has 1 saturated carbocycles. The lowest BCUT2D eigenvalue weighted by molar-refractivity contribution is -0.127. The summed E-state index contributed by atoms with van der Waals surface area (Å²) in [6, 6.07) is 5.36. The molecule has 1 aromatic carbocycles. The van der Waals surface area contributed by atoms with Crippen LogP contribution in [0.3, 0.4) is 0 Å². The third-order valence-electron chi connectivity index (χ3n) is 3.81. The fourth-order valence-corrected chi connectivity index (χ4v) is 2.74. The van der Waals surface area contributed by atoms with E-state index in [0.717, 1.165) is 18.4 Å². The average molecular weight is 312 g/mol. The molecule has 21 heavy (non-hydrogen) atoms. The highest BCUT2D eigenvalue weighted by atomic mass is 35.5. The van der Waals surface area contributed by atoms with Crippen molar-refractivity contribution in [3.05, 3.63) is 28.8 Å². The molecule has 0 saturated heterocycles. The monoisotopic (exact) mass is 311 g/mol. The van der Waals surface area contributed by atoms with Crippen molar-refractivity contribution in [2.75, 3.05) is 0 Å². The molecule has 5 heteroatoms. The van der Waals surface area contributed by atoms with Crippen LogP contribution < -0.4 is 10.1 Å². The first-order chi connectivity index (χ1) is 9.97. The Bertz CT molecular complexity index is 498. The second-order valence-electron chi connectivity index (χ2n) is 5.62. The van der Waals surface area contributed by atoms with Gasteiger partial charge in [-0.25, -0.2) is 0 Å². The number of benzene rings is 1. The van der Waals surface area contributed by atoms with Gasteiger partial charge in [0, 0.05) is 6.04 Å². The van der Waals surface area contributed by atoms with E-state index in [0.29, 0.717) is 10.8 Å². The van der Waals surface area contributed by atoms with Crippen molar-refractivity contribution in [1.29, 1.82) is 0 Å². The molecule has 1 aromatic rings. The molecule has 0 aromatic heterocycles. The summed E-state index contributed by atoms with van der Waals surface area (Å²) in [5.41, 5.74) is 0.718. The van der Waals surface area contributed by atoms with Gasteiger partial charge < -0.3 is 15.2 Å². The Hall–Kier alpha value is -1.26. The van der Waals surface area contributed by atoms with Gasteiger partial charge >= 0.3 is 0 Å². The predicted molar refractivity (Wildman–Crippen MR) is 82.6 cm³/mol. The zero-order valence-electron chi connectivity index (χ0n) is 12.4. The van der Waals surface area contributed by atoms with Gasteiger partial charge in [0.05, 0.1) is 11.1 Å². The van der Waals surface area contributed by atoms with Crippen LogP contribution >= 0.6 is 11.6 Å². The highest BCUT2D eigenvalue weighted by molar-refractivity contribution is 6.32. The number of rotatable bonds is 5. The third-order valence-corrected chi connectivity index (χ3v) is 4.11. The number of hydrogen-bond acceptors (Lipinski definition) is 3. The lowest BCUT2D eigenvalue weighted by atomic mass is 10.1. The highest BCUT2D eigenvalue weighted by Crippen LogP contribution is 2.28. The first kappa shape index (κ1) is 16.1. The van der Waals surface area contributed by atoms with Gasteiger partial charge in [-0.1, -0.05) is 30.5 Å². The number of aliphatic hydroxyl groups excluding tert-OH is 1. The van der Waals surface area contributed by atoms with Crippen molar-refractivity contribution in [3.63, 3.8) is 0 Å². The van der Waals surface area contributed by atoms with E-state index in [1.54, 1.807) is 32.0 Å². The molecule has 2 atom stereocenters. The number of ether oxygens (including phenoxy) is 1. The van der Waals surface area contributed by atoms with E-state index in [4.69, 9.17) is 16.3 Å². The maximum absolute atomic E-state index is 12.1. The summed E-state index contributed by atoms with van der Waals surface area (Å²) < 4.78 is 5.63. The highest BCUT2D eigenvalue weighted by Gasteiger charge is 2.22. The maximum Gasteiger partial charge on any atom is 0.260 e. The molecule has 0 heterocycles. The zero-order valence-corrected chi connectivity index (χ0v) is 13.2. The van der Waals surface area contributed by atoms with Crippen LogP contribution in [-0.4, -0.2) is 23.2 Å². The molecule has 2 rings (SSSR count). The molecular formula is C16H22ClNO3. The van der Waals surface area contributed by atoms with Crippen LogP contribution in [0.2, 0.25) is 5.02 Å². The molecule has 1 fully saturated rings. The number of carbonyl (C=O) groups is 1. The molecule has 0 bridgehead atoms. The number of hydrogen-bond donors (Lipinski definition) is 2. The van der Waals surface area contributed by atoms with Gasteiger partial charge in [-0.2, -0.15) is 0 Å². The zero-order chi connectivity index (χ0) is 15.4. The number of carbonyl (C=O) groups excluding carboxylic acids is 1. The summed E-state index contributed by atoms with van der Waals surface area (Å²) in [6.45, 7) is 3.38. The number of amides is 1. The molecule has 2 unspecified atom stereocenters. The Morgan fingerprint density at radius 3 is 2.62 bits per heavy atom. The van der Waals surface area contributed by atoms with Crippen LogP contribution in [0.4, 0.5) is 0 Å². The normalized spacial score (nSPS) is 18.3. The molecule has 116 valence electrons. The molecule has 0 spiro atoms. The summed E-state index contributed by atoms with van der Waals surface area (Å²) in [7, 11) is 0. The maximum atomic E-state index is 12.1. The van der Waals surface area contributed by atoms with Gasteiger partial charge in [0.15, 0.2) is 6.10 Å². The van der Waals surface area contributed by atoms with E-state index in [2.05, 4.69) is 5.32 Å². The lowest BCUT2D eigenvalue weighted by Crippen LogP contribution is -2.41. The second-order valence-corrected chi connectivity index (χ2v) is 6.02. The molecule has 0 radical (unpaired) electrons. The summed E-state index contributed by atoms with van der Waals surface area (Å²) in [5.74, 6) is 0.340. The molecule has 4 nitrogen and oxygen atoms in total. The summed E-state index contributed by atoms with van der Waals surface area (Å²) in [5, 5.41) is 12.9. The van der Waals surface area contributed by atoms with E-state index in [1.165, 1.54) is 12.8 Å². The van der Waals surface area contributed by atoms with Crippen LogP contribution in [0.1, 0.15) is 51.2 Å². The number of halogens is 1. The molecule has 1 aliphatic carbocycles. The molecule has 1 amide bonds. The lowest BCUT2D eigenvalue weighted by Gasteiger charge is -2.19. The van der Waals surface area contributed by atoms with Gasteiger partial charge in [0.25, 0.3) is 5.91 Å². The van der Waals surface area contributed by atoms with Crippen molar-refractivity contribution >= 4 is 17.5 Å². The van der Waals surface area contributed by atoms with Crippen LogP contribution in [0.5, 0.6) is 5.75 Å². The van der Waals surface area contributed by atoms with Gasteiger partial charge in [-0.15, -0.1) is 0 Å². The molecular weight excluding hydrogens is 290 g/mol. The summed E-state index contributed by atoms with van der Waals surface area (Å²) in [6.07, 6.45) is 3.25. The van der Waals surface area contributed by atoms with Crippen molar-refractivity contribution in [3.8, 4) is 5.75 Å². The van der Waals surface area contributed by atoms with E-state index in [9.17, 15) is 9.90 Å². The van der Waals surface area contributed by atoms with Crippen LogP contribution in [-0.2, 0) is 4.79 Å². The predicted octanol–water partition coefficient (Wildman–Crippen LogP) is 3.22. The van der Waals surface area contributed by atoms with Crippen molar-refractivity contribution in [2.24, 2.45) is 0 Å². The van der Waals surface area contributed by atoms with Crippen molar-refractivity contribution in [1.82, 2.24) is 5.32 Å². The topological polar surface area (TPSA) is 58.6 Å². The Labute approximate surface area is 130 Å². The molecule has 1 aliphatic rings. The van der Waals surface area contributed by atoms with Gasteiger partial charge in [0.2, 0.25) is 0 Å². The van der Waals surface area contributed by atoms with Crippen LogP contribution in [0, 0.1) is 0 Å². The van der Waals surface area contributed by atoms with Gasteiger partial charge in [0.1, 0.15) is 5.75 Å². The molecule has 2 N–H and O–H groups in total. The van der Waals surface area contributed by atoms with Crippen molar-refractivity contribution < 1.29 is 14.6 Å². The minimum Gasteiger partial charge on any atom is -0.479 e. The van der Waals surface area contributed by atoms with Crippen LogP contribution in [0.15, 0.2) is 18.2 Å². The average Bonchev–Trinajstić information content (AvgIpc) is 2.93. The van der Waals surface area contributed by atoms with E-state index in [-0.39, 0.29) is 11.9 Å². The van der Waals surface area contributed by atoms with Gasteiger partial charge in [-0.05, 0) is 44.4 Å². The Kier molecular flexibility index (Phi) is 5.48. The van der Waals surface area contributed by atoms with Gasteiger partial charge in [-0.3, -0.25) is 4.79 Å². The minimum atomic E-state index is -0.597. The summed E-state index contributed by atoms with van der Waals surface area (Å²) in [4.78, 5) is 12.1. The fraction of sp³-hybridized carbons (Fsp3) is 0.562. The minimum absolute atomic E-state index is 0.113. The van der Waals surface area contributed by atoms with E-state index in [1.807, 2.05) is 0 Å². The van der Waals surface area contributed by atoms with Crippen molar-refractivity contribution in [2.45, 2.75) is 57.8 Å². The molecule has 0 aliphatic heterocycles. The number of nitrogens with one attached hydrogen (secondary N) is 1. The van der Waals surface area contributed by atoms with E-state index >= 15 is 0 Å². The standard InChI is InChI=1S/C16H22ClNO3/c1-10(19)12-7-8-15(14(17)9-12)21-11(2)16(20)18-13-5-3-4-6-13/h7-11,13,19H,3-6H2,1-2H3,(H,18,20). The van der Waals surface area contributed by atoms with E-state index < -0.39 is 12.2 Å². The SMILES string of the molecule is CC(Oc1ccc(C(C)O)cc1Cl)C(=O)NC1CCCC1. The Morgan fingerprint density at radius 2 is 2.05 bits per heavy atom. The Morgan fingerprint density at radius 1 is 1.38 bits per heavy atom. The first-order valence-electron chi connectivity index (χ1n) is 7.42. The second kappa shape index (κ2) is 7.14. The summed E-state index contributed by atoms with van der Waals surface area (Å²) >= 11 is 6.12. The largest absolute Gasteiger partial charge is 0.479 e. The third kappa shape index (κ3) is 4.35. The number of aliphatic hydroxyl groups is 1. The first-order valence-corrected chi connectivity index (χ1v) is 7.79. The Balaban J connectivity index is 1.95. The van der Waals surface area contributed by atoms with Crippen LogP contribution in [0.25, 0.3) is 0 Å². The smallest absolute Gasteiger partial charge is 0.260 e. The quantitative estimate of drug-likeness (QED) is 0.878.